The van der Waals surface area contributed by atoms with Crippen LogP contribution in [0.5, 0.6) is 5.75 Å². The summed E-state index contributed by atoms with van der Waals surface area (Å²) >= 11 is 0. The van der Waals surface area contributed by atoms with E-state index in [2.05, 4.69) is 15.1 Å². The van der Waals surface area contributed by atoms with Crippen molar-refractivity contribution in [2.24, 2.45) is 11.8 Å². The third-order valence-electron chi connectivity index (χ3n) is 6.52. The molecule has 1 saturated carbocycles. The van der Waals surface area contributed by atoms with Crippen molar-refractivity contribution in [2.45, 2.75) is 51.4 Å². The first-order chi connectivity index (χ1) is 16.2. The minimum Gasteiger partial charge on any atom is -0.489 e. The summed E-state index contributed by atoms with van der Waals surface area (Å²) in [4.78, 5) is 28.4. The number of halogens is 2. The molecule has 4 N–H and O–H groups in total. The van der Waals surface area contributed by atoms with Gasteiger partial charge in [-0.05, 0) is 51.8 Å². The van der Waals surface area contributed by atoms with Crippen LogP contribution < -0.4 is 15.0 Å². The Kier molecular flexibility index (Phi) is 11.0. The molecule has 0 radical (unpaired) electrons. The van der Waals surface area contributed by atoms with E-state index in [1.807, 2.05) is 13.8 Å². The number of carbonyl (C=O) groups excluding carboxylic acids is 1. The van der Waals surface area contributed by atoms with Crippen molar-refractivity contribution >= 4 is 30.0 Å². The molecular weight excluding hydrogens is 481 g/mol. The lowest BCUT2D eigenvalue weighted by molar-refractivity contribution is -0.155. The molecule has 1 aliphatic heterocycles. The van der Waals surface area contributed by atoms with Gasteiger partial charge in [-0.2, -0.15) is 0 Å². The molecule has 11 heteroatoms. The summed E-state index contributed by atoms with van der Waals surface area (Å²) in [6.45, 7) is 8.08. The summed E-state index contributed by atoms with van der Waals surface area (Å²) in [5, 5.41) is 31.7. The third kappa shape index (κ3) is 7.93. The second-order valence-electron chi connectivity index (χ2n) is 9.41. The molecule has 35 heavy (non-hydrogen) atoms. The number of aliphatic hydroxyl groups is 2. The highest BCUT2D eigenvalue weighted by molar-refractivity contribution is 5.85. The maximum atomic E-state index is 13.8. The van der Waals surface area contributed by atoms with Gasteiger partial charge in [0.1, 0.15) is 11.6 Å². The number of hydrogen-bond donors (Lipinski definition) is 4. The number of benzene rings is 1. The van der Waals surface area contributed by atoms with E-state index < -0.39 is 35.9 Å². The first kappa shape index (κ1) is 29.1. The van der Waals surface area contributed by atoms with E-state index in [9.17, 15) is 29.3 Å². The monoisotopic (exact) mass is 517 g/mol. The number of carboxylic acid groups (broad SMARTS) is 1. The van der Waals surface area contributed by atoms with Gasteiger partial charge in [-0.15, -0.1) is 12.4 Å². The Labute approximate surface area is 211 Å². The van der Waals surface area contributed by atoms with E-state index in [-0.39, 0.29) is 37.2 Å². The molecule has 1 heterocycles. The molecular formula is C24H37ClFN3O6. The Morgan fingerprint density at radius 2 is 1.74 bits per heavy atom. The Morgan fingerprint density at radius 1 is 1.11 bits per heavy atom. The van der Waals surface area contributed by atoms with Crippen molar-refractivity contribution in [1.82, 2.24) is 10.2 Å². The Bertz CT molecular complexity index is 853. The highest BCUT2D eigenvalue weighted by atomic mass is 35.5. The number of rotatable bonds is 9. The summed E-state index contributed by atoms with van der Waals surface area (Å²) in [6.07, 6.45) is -1.71. The van der Waals surface area contributed by atoms with Crippen LogP contribution in [-0.2, 0) is 9.59 Å². The summed E-state index contributed by atoms with van der Waals surface area (Å²) in [6, 6.07) is 4.58. The lowest BCUT2D eigenvalue weighted by atomic mass is 9.76. The van der Waals surface area contributed by atoms with E-state index in [0.717, 1.165) is 38.4 Å². The number of amides is 1. The number of anilines is 1. The van der Waals surface area contributed by atoms with Gasteiger partial charge < -0.3 is 30.3 Å². The lowest BCUT2D eigenvalue weighted by Gasteiger charge is -2.37. The van der Waals surface area contributed by atoms with Gasteiger partial charge in [0.25, 0.3) is 0 Å². The number of hydrogen-bond acceptors (Lipinski definition) is 7. The first-order valence-corrected chi connectivity index (χ1v) is 12.0. The van der Waals surface area contributed by atoms with Crippen molar-refractivity contribution in [3.8, 4) is 5.75 Å². The summed E-state index contributed by atoms with van der Waals surface area (Å²) in [7, 11) is 0. The molecule has 4 atom stereocenters. The Balaban J connectivity index is 0.00000432. The van der Waals surface area contributed by atoms with Gasteiger partial charge in [0.15, 0.2) is 0 Å². The van der Waals surface area contributed by atoms with E-state index in [1.165, 1.54) is 12.1 Å². The number of aliphatic carboxylic acids is 1. The smallest absolute Gasteiger partial charge is 0.307 e. The van der Waals surface area contributed by atoms with Crippen LogP contribution in [0.4, 0.5) is 10.1 Å². The maximum absolute atomic E-state index is 13.8. The molecule has 1 aromatic carbocycles. The molecule has 1 aliphatic carbocycles. The van der Waals surface area contributed by atoms with Gasteiger partial charge in [-0.1, -0.05) is 0 Å². The summed E-state index contributed by atoms with van der Waals surface area (Å²) in [5.74, 6) is -3.01. The van der Waals surface area contributed by atoms with Crippen LogP contribution in [0.15, 0.2) is 18.2 Å². The number of carbonyl (C=O) groups is 2. The number of aliphatic hydroxyl groups excluding tert-OH is 2. The van der Waals surface area contributed by atoms with Crippen LogP contribution >= 0.6 is 12.4 Å². The predicted octanol–water partition coefficient (Wildman–Crippen LogP) is 1.50. The highest BCUT2D eigenvalue weighted by Crippen LogP contribution is 2.32. The van der Waals surface area contributed by atoms with Gasteiger partial charge in [-0.25, -0.2) is 4.39 Å². The molecule has 198 valence electrons. The maximum Gasteiger partial charge on any atom is 0.307 e. The van der Waals surface area contributed by atoms with E-state index >= 15 is 0 Å². The van der Waals surface area contributed by atoms with Crippen molar-refractivity contribution < 1.29 is 34.0 Å². The SMILES string of the molecule is CC(C)Oc1ccc(F)cc1N1CCN(CCCNC(=O)C2CC(O)C(O)CC2C(=O)O)CC1.Cl. The average molecular weight is 518 g/mol. The summed E-state index contributed by atoms with van der Waals surface area (Å²) in [5.41, 5.74) is 0.758. The highest BCUT2D eigenvalue weighted by Gasteiger charge is 2.42. The van der Waals surface area contributed by atoms with Crippen LogP contribution in [0.1, 0.15) is 33.1 Å². The van der Waals surface area contributed by atoms with Gasteiger partial charge in [0.05, 0.1) is 35.8 Å². The third-order valence-corrected chi connectivity index (χ3v) is 6.52. The van der Waals surface area contributed by atoms with Crippen molar-refractivity contribution in [3.63, 3.8) is 0 Å². The van der Waals surface area contributed by atoms with Crippen LogP contribution in [0, 0.1) is 17.7 Å². The van der Waals surface area contributed by atoms with Gasteiger partial charge in [-0.3, -0.25) is 14.5 Å². The van der Waals surface area contributed by atoms with E-state index in [4.69, 9.17) is 4.74 Å². The molecule has 9 nitrogen and oxygen atoms in total. The zero-order valence-electron chi connectivity index (χ0n) is 20.2. The molecule has 2 fully saturated rings. The molecule has 0 spiro atoms. The van der Waals surface area contributed by atoms with E-state index in [0.29, 0.717) is 18.7 Å². The van der Waals surface area contributed by atoms with Gasteiger partial charge in [0, 0.05) is 38.8 Å². The molecule has 2 aliphatic rings. The number of carboxylic acids is 1. The van der Waals surface area contributed by atoms with Crippen molar-refractivity contribution in [1.29, 1.82) is 0 Å². The Hall–Kier alpha value is -2.14. The fourth-order valence-corrected chi connectivity index (χ4v) is 4.67. The average Bonchev–Trinajstić information content (AvgIpc) is 2.79. The predicted molar refractivity (Wildman–Crippen MR) is 132 cm³/mol. The Morgan fingerprint density at radius 3 is 2.34 bits per heavy atom. The van der Waals surface area contributed by atoms with E-state index in [1.54, 1.807) is 6.07 Å². The first-order valence-electron chi connectivity index (χ1n) is 12.0. The standard InChI is InChI=1S/C24H36FN3O6.ClH/c1-15(2)34-22-5-4-16(25)12-19(22)28-10-8-27(9-11-28)7-3-6-26-23(31)17-13-20(29)21(30)14-18(17)24(32)33;/h4-5,12,15,17-18,20-21,29-30H,3,6-11,13-14H2,1-2H3,(H,26,31)(H,32,33);1H. The van der Waals surface area contributed by atoms with Crippen LogP contribution in [-0.4, -0.2) is 89.7 Å². The minimum atomic E-state index is -1.13. The second-order valence-corrected chi connectivity index (χ2v) is 9.41. The topological polar surface area (TPSA) is 123 Å². The molecule has 1 saturated heterocycles. The molecule has 3 rings (SSSR count). The fraction of sp³-hybridized carbons (Fsp3) is 0.667. The molecule has 0 aromatic heterocycles. The van der Waals surface area contributed by atoms with Crippen molar-refractivity contribution in [3.05, 3.63) is 24.0 Å². The number of nitrogens with one attached hydrogen (secondary N) is 1. The quantitative estimate of drug-likeness (QED) is 0.363. The normalized spacial score (nSPS) is 25.1. The number of ether oxygens (including phenoxy) is 1. The van der Waals surface area contributed by atoms with Crippen LogP contribution in [0.25, 0.3) is 0 Å². The molecule has 0 bridgehead atoms. The zero-order chi connectivity index (χ0) is 24.8. The molecule has 4 unspecified atom stereocenters. The minimum absolute atomic E-state index is 0. The number of nitrogens with zero attached hydrogens (tertiary/aromatic N) is 2. The molecule has 1 amide bonds. The fourth-order valence-electron chi connectivity index (χ4n) is 4.67. The lowest BCUT2D eigenvalue weighted by Crippen LogP contribution is -2.49. The number of piperazine rings is 1. The second kappa shape index (κ2) is 13.2. The summed E-state index contributed by atoms with van der Waals surface area (Å²) < 4.78 is 19.7. The largest absolute Gasteiger partial charge is 0.489 e. The zero-order valence-corrected chi connectivity index (χ0v) is 21.0. The van der Waals surface area contributed by atoms with Crippen molar-refractivity contribution in [2.75, 3.05) is 44.2 Å². The van der Waals surface area contributed by atoms with Crippen LogP contribution in [0.3, 0.4) is 0 Å². The van der Waals surface area contributed by atoms with Gasteiger partial charge in [0.2, 0.25) is 5.91 Å². The van der Waals surface area contributed by atoms with Crippen LogP contribution in [0.2, 0.25) is 0 Å². The molecule has 1 aromatic rings. The van der Waals surface area contributed by atoms with Gasteiger partial charge >= 0.3 is 5.97 Å².